The molecule has 0 atom stereocenters. The standard InChI is InChI=1S/C22H26FN3O2/c1-26-11-12-28-20-16(13-15-7-9-17(23)10-8-15)14-19(25-21(20)26)22(27)24-18-5-3-2-4-6-18/h7-10,14,18H,2-6,11-13H2,1H3,(H,24,27). The van der Waals surface area contributed by atoms with Crippen LogP contribution in [-0.2, 0) is 6.42 Å². The molecule has 0 saturated heterocycles. The second kappa shape index (κ2) is 8.17. The van der Waals surface area contributed by atoms with Crippen LogP contribution in [0.4, 0.5) is 10.2 Å². The number of rotatable bonds is 4. The molecule has 1 aromatic heterocycles. The van der Waals surface area contributed by atoms with Crippen LogP contribution < -0.4 is 15.0 Å². The highest BCUT2D eigenvalue weighted by Gasteiger charge is 2.25. The minimum atomic E-state index is -0.260. The molecule has 1 fully saturated rings. The summed E-state index contributed by atoms with van der Waals surface area (Å²) in [5.41, 5.74) is 2.28. The van der Waals surface area contributed by atoms with Gasteiger partial charge < -0.3 is 15.0 Å². The smallest absolute Gasteiger partial charge is 0.270 e. The lowest BCUT2D eigenvalue weighted by Crippen LogP contribution is -2.37. The Hall–Kier alpha value is -2.63. The fraction of sp³-hybridized carbons (Fsp3) is 0.455. The number of nitrogens with zero attached hydrogens (tertiary/aromatic N) is 2. The lowest BCUT2D eigenvalue weighted by Gasteiger charge is -2.29. The van der Waals surface area contributed by atoms with Crippen LogP contribution >= 0.6 is 0 Å². The number of benzene rings is 1. The molecule has 1 amide bonds. The zero-order chi connectivity index (χ0) is 19.5. The number of pyridine rings is 1. The van der Waals surface area contributed by atoms with Crippen LogP contribution in [0, 0.1) is 5.82 Å². The molecule has 0 unspecified atom stereocenters. The number of halogens is 1. The van der Waals surface area contributed by atoms with Crippen LogP contribution in [0.5, 0.6) is 5.75 Å². The molecule has 1 aliphatic heterocycles. The van der Waals surface area contributed by atoms with Gasteiger partial charge in [-0.15, -0.1) is 0 Å². The van der Waals surface area contributed by atoms with Gasteiger partial charge in [0.25, 0.3) is 5.91 Å². The van der Waals surface area contributed by atoms with Crippen molar-refractivity contribution in [1.82, 2.24) is 10.3 Å². The Kier molecular flexibility index (Phi) is 5.46. The summed E-state index contributed by atoms with van der Waals surface area (Å²) in [6.07, 6.45) is 6.18. The number of hydrogen-bond acceptors (Lipinski definition) is 4. The predicted octanol–water partition coefficient (Wildman–Crippen LogP) is 3.70. The van der Waals surface area contributed by atoms with E-state index in [0.717, 1.165) is 43.4 Å². The summed E-state index contributed by atoms with van der Waals surface area (Å²) in [4.78, 5) is 19.5. The van der Waals surface area contributed by atoms with Crippen molar-refractivity contribution in [2.24, 2.45) is 0 Å². The quantitative estimate of drug-likeness (QED) is 0.875. The molecule has 28 heavy (non-hydrogen) atoms. The predicted molar refractivity (Wildman–Crippen MR) is 107 cm³/mol. The summed E-state index contributed by atoms with van der Waals surface area (Å²) in [5, 5.41) is 3.14. The van der Waals surface area contributed by atoms with Crippen molar-refractivity contribution in [3.63, 3.8) is 0 Å². The summed E-state index contributed by atoms with van der Waals surface area (Å²) in [5.74, 6) is 1.02. The van der Waals surface area contributed by atoms with E-state index in [0.29, 0.717) is 30.3 Å². The van der Waals surface area contributed by atoms with Gasteiger partial charge in [-0.3, -0.25) is 4.79 Å². The first kappa shape index (κ1) is 18.7. The highest BCUT2D eigenvalue weighted by atomic mass is 19.1. The van der Waals surface area contributed by atoms with Crippen molar-refractivity contribution in [2.45, 2.75) is 44.6 Å². The van der Waals surface area contributed by atoms with Gasteiger partial charge in [0.1, 0.15) is 18.1 Å². The maximum absolute atomic E-state index is 13.2. The Morgan fingerprint density at radius 1 is 1.25 bits per heavy atom. The van der Waals surface area contributed by atoms with Gasteiger partial charge in [-0.25, -0.2) is 9.37 Å². The lowest BCUT2D eigenvalue weighted by molar-refractivity contribution is 0.0922. The van der Waals surface area contributed by atoms with Crippen LogP contribution in [0.1, 0.15) is 53.7 Å². The van der Waals surface area contributed by atoms with Gasteiger partial charge in [-0.05, 0) is 36.6 Å². The molecule has 2 aliphatic rings. The molecule has 1 N–H and O–H groups in total. The maximum Gasteiger partial charge on any atom is 0.270 e. The number of hydrogen-bond donors (Lipinski definition) is 1. The summed E-state index contributed by atoms with van der Waals surface area (Å²) in [6, 6.07) is 8.47. The molecule has 2 aromatic rings. The average molecular weight is 383 g/mol. The number of anilines is 1. The Morgan fingerprint density at radius 2 is 2.00 bits per heavy atom. The third-order valence-corrected chi connectivity index (χ3v) is 5.55. The van der Waals surface area contributed by atoms with Gasteiger partial charge in [0, 0.05) is 25.1 Å². The first-order chi connectivity index (χ1) is 13.6. The molecule has 1 aliphatic carbocycles. The van der Waals surface area contributed by atoms with Crippen LogP contribution in [0.3, 0.4) is 0 Å². The Bertz CT molecular complexity index is 848. The van der Waals surface area contributed by atoms with Gasteiger partial charge in [0.05, 0.1) is 6.54 Å². The van der Waals surface area contributed by atoms with Crippen molar-refractivity contribution >= 4 is 11.7 Å². The molecule has 0 bridgehead atoms. The fourth-order valence-corrected chi connectivity index (χ4v) is 3.95. The summed E-state index contributed by atoms with van der Waals surface area (Å²) < 4.78 is 19.1. The first-order valence-corrected chi connectivity index (χ1v) is 10.0. The first-order valence-electron chi connectivity index (χ1n) is 10.0. The van der Waals surface area contributed by atoms with E-state index < -0.39 is 0 Å². The van der Waals surface area contributed by atoms with E-state index in [1.165, 1.54) is 18.6 Å². The number of likely N-dealkylation sites (N-methyl/N-ethyl adjacent to an activating group) is 1. The Balaban J connectivity index is 1.64. The second-order valence-corrected chi connectivity index (χ2v) is 7.70. The maximum atomic E-state index is 13.2. The molecule has 1 aromatic carbocycles. The number of carbonyl (C=O) groups is 1. The van der Waals surface area contributed by atoms with Gasteiger partial charge in [-0.1, -0.05) is 31.4 Å². The highest BCUT2D eigenvalue weighted by molar-refractivity contribution is 5.93. The van der Waals surface area contributed by atoms with Crippen LogP contribution in [0.25, 0.3) is 0 Å². The van der Waals surface area contributed by atoms with Crippen LogP contribution in [0.2, 0.25) is 0 Å². The van der Waals surface area contributed by atoms with E-state index in [1.807, 2.05) is 18.0 Å². The monoisotopic (exact) mass is 383 g/mol. The van der Waals surface area contributed by atoms with E-state index in [9.17, 15) is 9.18 Å². The molecule has 148 valence electrons. The van der Waals surface area contributed by atoms with Crippen molar-refractivity contribution in [3.8, 4) is 5.75 Å². The third-order valence-electron chi connectivity index (χ3n) is 5.55. The van der Waals surface area contributed by atoms with Crippen molar-refractivity contribution in [1.29, 1.82) is 0 Å². The fourth-order valence-electron chi connectivity index (χ4n) is 3.95. The van der Waals surface area contributed by atoms with Crippen molar-refractivity contribution in [3.05, 3.63) is 53.0 Å². The van der Waals surface area contributed by atoms with Crippen LogP contribution in [-0.4, -0.2) is 37.1 Å². The largest absolute Gasteiger partial charge is 0.488 e. The van der Waals surface area contributed by atoms with Gasteiger partial charge >= 0.3 is 0 Å². The third kappa shape index (κ3) is 4.11. The minimum absolute atomic E-state index is 0.131. The number of fused-ring (bicyclic) bond motifs is 1. The number of amides is 1. The zero-order valence-electron chi connectivity index (χ0n) is 16.2. The zero-order valence-corrected chi connectivity index (χ0v) is 16.2. The highest BCUT2D eigenvalue weighted by Crippen LogP contribution is 2.34. The summed E-state index contributed by atoms with van der Waals surface area (Å²) in [7, 11) is 1.96. The normalized spacial score (nSPS) is 17.0. The molecular weight excluding hydrogens is 357 g/mol. The number of ether oxygens (including phenoxy) is 1. The van der Waals surface area contributed by atoms with Gasteiger partial charge in [0.2, 0.25) is 0 Å². The van der Waals surface area contributed by atoms with Gasteiger partial charge in [-0.2, -0.15) is 0 Å². The second-order valence-electron chi connectivity index (χ2n) is 7.70. The van der Waals surface area contributed by atoms with Gasteiger partial charge in [0.15, 0.2) is 11.6 Å². The topological polar surface area (TPSA) is 54.5 Å². The lowest BCUT2D eigenvalue weighted by atomic mass is 9.95. The molecule has 0 spiro atoms. The molecule has 0 radical (unpaired) electrons. The molecule has 5 nitrogen and oxygen atoms in total. The molecule has 1 saturated carbocycles. The van der Waals surface area contributed by atoms with E-state index >= 15 is 0 Å². The van der Waals surface area contributed by atoms with E-state index in [2.05, 4.69) is 10.3 Å². The Morgan fingerprint density at radius 3 is 2.75 bits per heavy atom. The summed E-state index contributed by atoms with van der Waals surface area (Å²) >= 11 is 0. The molecule has 6 heteroatoms. The average Bonchev–Trinajstić information content (AvgIpc) is 2.71. The van der Waals surface area contributed by atoms with E-state index in [4.69, 9.17) is 4.74 Å². The molecule has 4 rings (SSSR count). The van der Waals surface area contributed by atoms with Crippen LogP contribution in [0.15, 0.2) is 30.3 Å². The van der Waals surface area contributed by atoms with E-state index in [1.54, 1.807) is 12.1 Å². The Labute approximate surface area is 164 Å². The number of aromatic nitrogens is 1. The van der Waals surface area contributed by atoms with Crippen molar-refractivity contribution in [2.75, 3.05) is 25.1 Å². The SMILES string of the molecule is CN1CCOc2c(Cc3ccc(F)cc3)cc(C(=O)NC3CCCCC3)nc21. The molecular formula is C22H26FN3O2. The number of carbonyl (C=O) groups excluding carboxylic acids is 1. The summed E-state index contributed by atoms with van der Waals surface area (Å²) in [6.45, 7) is 1.30. The van der Waals surface area contributed by atoms with Crippen molar-refractivity contribution < 1.29 is 13.9 Å². The molecule has 2 heterocycles. The number of nitrogens with one attached hydrogen (secondary N) is 1. The minimum Gasteiger partial charge on any atom is -0.488 e. The van der Waals surface area contributed by atoms with E-state index in [-0.39, 0.29) is 17.8 Å².